The largest absolute Gasteiger partial charge is 0.506 e. The van der Waals surface area contributed by atoms with Gasteiger partial charge in [-0.05, 0) is 31.0 Å². The predicted molar refractivity (Wildman–Crippen MR) is 86.1 cm³/mol. The summed E-state index contributed by atoms with van der Waals surface area (Å²) >= 11 is 0. The van der Waals surface area contributed by atoms with E-state index < -0.39 is 0 Å². The first-order chi connectivity index (χ1) is 11.1. The lowest BCUT2D eigenvalue weighted by Gasteiger charge is -2.30. The third kappa shape index (κ3) is 3.14. The standard InChI is InChI=1S/C16H20N4O3/c1-19(12-4-6-23-7-5-12)16(22)20-9-14(18-10-20)11-2-3-15(21)13(17)8-11/h2-3,8-10,12,21H,4-7,17H2,1H3. The molecular formula is C16H20N4O3. The molecule has 3 N–H and O–H groups in total. The molecule has 3 rings (SSSR count). The maximum atomic E-state index is 12.6. The SMILES string of the molecule is CN(C(=O)n1cnc(-c2ccc(O)c(N)c2)c1)C1CCOCC1. The number of nitrogens with zero attached hydrogens (tertiary/aromatic N) is 3. The third-order valence-electron chi connectivity index (χ3n) is 4.17. The van der Waals surface area contributed by atoms with E-state index in [4.69, 9.17) is 10.5 Å². The van der Waals surface area contributed by atoms with E-state index in [9.17, 15) is 9.90 Å². The number of aromatic nitrogens is 2. The first-order valence-corrected chi connectivity index (χ1v) is 7.54. The Morgan fingerprint density at radius 3 is 2.87 bits per heavy atom. The van der Waals surface area contributed by atoms with Crippen LogP contribution in [0.4, 0.5) is 10.5 Å². The van der Waals surface area contributed by atoms with Crippen LogP contribution in [0, 0.1) is 0 Å². The molecule has 2 heterocycles. The number of nitrogen functional groups attached to an aromatic ring is 1. The Bertz CT molecular complexity index is 707. The van der Waals surface area contributed by atoms with Crippen molar-refractivity contribution in [1.82, 2.24) is 14.5 Å². The van der Waals surface area contributed by atoms with Gasteiger partial charge >= 0.3 is 6.03 Å². The highest BCUT2D eigenvalue weighted by Crippen LogP contribution is 2.26. The molecular weight excluding hydrogens is 296 g/mol. The molecule has 122 valence electrons. The topological polar surface area (TPSA) is 93.6 Å². The van der Waals surface area contributed by atoms with Gasteiger partial charge in [-0.1, -0.05) is 0 Å². The van der Waals surface area contributed by atoms with E-state index >= 15 is 0 Å². The van der Waals surface area contributed by atoms with E-state index in [1.54, 1.807) is 30.3 Å². The van der Waals surface area contributed by atoms with E-state index in [0.717, 1.165) is 18.4 Å². The number of hydrogen-bond acceptors (Lipinski definition) is 5. The van der Waals surface area contributed by atoms with Crippen LogP contribution in [0.1, 0.15) is 12.8 Å². The molecule has 0 unspecified atom stereocenters. The molecule has 7 heteroatoms. The molecule has 0 radical (unpaired) electrons. The zero-order chi connectivity index (χ0) is 16.4. The maximum absolute atomic E-state index is 12.6. The number of carbonyl (C=O) groups is 1. The Morgan fingerprint density at radius 1 is 1.43 bits per heavy atom. The fourth-order valence-corrected chi connectivity index (χ4v) is 2.70. The number of hydrogen-bond donors (Lipinski definition) is 2. The molecule has 1 amide bonds. The number of amides is 1. The second kappa shape index (κ2) is 6.29. The highest BCUT2D eigenvalue weighted by molar-refractivity contribution is 5.78. The second-order valence-electron chi connectivity index (χ2n) is 5.68. The number of phenols is 1. The predicted octanol–water partition coefficient (Wildman–Crippen LogP) is 1.92. The van der Waals surface area contributed by atoms with E-state index in [1.807, 2.05) is 0 Å². The first kappa shape index (κ1) is 15.4. The van der Waals surface area contributed by atoms with Gasteiger partial charge in [0, 0.05) is 38.1 Å². The average Bonchev–Trinajstić information content (AvgIpc) is 3.07. The molecule has 0 aliphatic carbocycles. The monoisotopic (exact) mass is 316 g/mol. The van der Waals surface area contributed by atoms with Crippen LogP contribution >= 0.6 is 0 Å². The molecule has 0 spiro atoms. The summed E-state index contributed by atoms with van der Waals surface area (Å²) in [5.41, 5.74) is 7.36. The van der Waals surface area contributed by atoms with Crippen molar-refractivity contribution >= 4 is 11.7 Å². The molecule has 0 atom stereocenters. The Hall–Kier alpha value is -2.54. The normalized spacial score (nSPS) is 15.5. The quantitative estimate of drug-likeness (QED) is 0.652. The summed E-state index contributed by atoms with van der Waals surface area (Å²) in [5.74, 6) is 0.0310. The maximum Gasteiger partial charge on any atom is 0.329 e. The minimum atomic E-state index is -0.123. The molecule has 23 heavy (non-hydrogen) atoms. The molecule has 1 fully saturated rings. The number of rotatable bonds is 2. The van der Waals surface area contributed by atoms with Crippen LogP contribution in [-0.2, 0) is 4.74 Å². The minimum absolute atomic E-state index is 0.0310. The summed E-state index contributed by atoms with van der Waals surface area (Å²) in [5, 5.41) is 9.48. The summed E-state index contributed by atoms with van der Waals surface area (Å²) in [6, 6.07) is 4.92. The fourth-order valence-electron chi connectivity index (χ4n) is 2.70. The molecule has 1 aromatic carbocycles. The number of phenolic OH excluding ortho intramolecular Hbond substituents is 1. The van der Waals surface area contributed by atoms with Gasteiger partial charge in [0.1, 0.15) is 12.1 Å². The molecule has 7 nitrogen and oxygen atoms in total. The zero-order valence-electron chi connectivity index (χ0n) is 13.0. The summed E-state index contributed by atoms with van der Waals surface area (Å²) in [6.45, 7) is 1.37. The number of benzene rings is 1. The van der Waals surface area contributed by atoms with Crippen molar-refractivity contribution in [3.63, 3.8) is 0 Å². The second-order valence-corrected chi connectivity index (χ2v) is 5.68. The Balaban J connectivity index is 1.77. The molecule has 1 aliphatic heterocycles. The van der Waals surface area contributed by atoms with Gasteiger partial charge in [-0.15, -0.1) is 0 Å². The molecule has 0 saturated carbocycles. The summed E-state index contributed by atoms with van der Waals surface area (Å²) in [7, 11) is 1.80. The van der Waals surface area contributed by atoms with Crippen molar-refractivity contribution in [1.29, 1.82) is 0 Å². The molecule has 0 bridgehead atoms. The lowest BCUT2D eigenvalue weighted by Crippen LogP contribution is -2.42. The van der Waals surface area contributed by atoms with Gasteiger partial charge in [0.05, 0.1) is 11.4 Å². The van der Waals surface area contributed by atoms with E-state index in [2.05, 4.69) is 4.98 Å². The number of anilines is 1. The fraction of sp³-hybridized carbons (Fsp3) is 0.375. The van der Waals surface area contributed by atoms with Gasteiger partial charge in [0.2, 0.25) is 0 Å². The van der Waals surface area contributed by atoms with Crippen LogP contribution in [0.25, 0.3) is 11.3 Å². The Kier molecular flexibility index (Phi) is 4.20. The van der Waals surface area contributed by atoms with Gasteiger partial charge in [0.15, 0.2) is 0 Å². The summed E-state index contributed by atoms with van der Waals surface area (Å²) in [4.78, 5) is 18.5. The number of carbonyl (C=O) groups excluding carboxylic acids is 1. The van der Waals surface area contributed by atoms with Crippen molar-refractivity contribution < 1.29 is 14.6 Å². The van der Waals surface area contributed by atoms with Crippen molar-refractivity contribution in [2.45, 2.75) is 18.9 Å². The summed E-state index contributed by atoms with van der Waals surface area (Å²) in [6.07, 6.45) is 4.86. The van der Waals surface area contributed by atoms with Gasteiger partial charge in [-0.25, -0.2) is 9.78 Å². The number of imidazole rings is 1. The average molecular weight is 316 g/mol. The Labute approximate surface area is 134 Å². The number of nitrogens with two attached hydrogens (primary N) is 1. The van der Waals surface area contributed by atoms with Crippen LogP contribution in [0.3, 0.4) is 0 Å². The third-order valence-corrected chi connectivity index (χ3v) is 4.17. The highest BCUT2D eigenvalue weighted by Gasteiger charge is 2.23. The van der Waals surface area contributed by atoms with E-state index in [1.165, 1.54) is 17.0 Å². The van der Waals surface area contributed by atoms with Crippen LogP contribution in [0.5, 0.6) is 5.75 Å². The number of ether oxygens (including phenoxy) is 1. The van der Waals surface area contributed by atoms with Crippen LogP contribution in [-0.4, -0.2) is 51.9 Å². The van der Waals surface area contributed by atoms with Crippen molar-refractivity contribution in [2.24, 2.45) is 0 Å². The van der Waals surface area contributed by atoms with E-state index in [0.29, 0.717) is 18.9 Å². The van der Waals surface area contributed by atoms with Gasteiger partial charge in [-0.3, -0.25) is 4.57 Å². The van der Waals surface area contributed by atoms with Crippen molar-refractivity contribution in [3.05, 3.63) is 30.7 Å². The highest BCUT2D eigenvalue weighted by atomic mass is 16.5. The van der Waals surface area contributed by atoms with Crippen molar-refractivity contribution in [2.75, 3.05) is 26.0 Å². The van der Waals surface area contributed by atoms with Crippen LogP contribution < -0.4 is 5.73 Å². The lowest BCUT2D eigenvalue weighted by atomic mass is 10.1. The smallest absolute Gasteiger partial charge is 0.329 e. The Morgan fingerprint density at radius 2 is 2.17 bits per heavy atom. The molecule has 1 aliphatic rings. The van der Waals surface area contributed by atoms with Gasteiger partial charge in [-0.2, -0.15) is 0 Å². The zero-order valence-corrected chi connectivity index (χ0v) is 13.0. The summed E-state index contributed by atoms with van der Waals surface area (Å²) < 4.78 is 6.79. The minimum Gasteiger partial charge on any atom is -0.506 e. The number of aromatic hydroxyl groups is 1. The lowest BCUT2D eigenvalue weighted by molar-refractivity contribution is 0.0528. The molecule has 1 saturated heterocycles. The van der Waals surface area contributed by atoms with E-state index in [-0.39, 0.29) is 23.5 Å². The molecule has 2 aromatic rings. The van der Waals surface area contributed by atoms with Crippen LogP contribution in [0.2, 0.25) is 0 Å². The van der Waals surface area contributed by atoms with Gasteiger partial charge < -0.3 is 20.5 Å². The molecule has 1 aromatic heterocycles. The van der Waals surface area contributed by atoms with Crippen LogP contribution in [0.15, 0.2) is 30.7 Å². The van der Waals surface area contributed by atoms with Gasteiger partial charge in [0.25, 0.3) is 0 Å². The van der Waals surface area contributed by atoms with Crippen molar-refractivity contribution in [3.8, 4) is 17.0 Å². The first-order valence-electron chi connectivity index (χ1n) is 7.54.